The molecular formula is C31H30N2O. The summed E-state index contributed by atoms with van der Waals surface area (Å²) in [7, 11) is 0. The first-order chi connectivity index (χ1) is 16.7. The van der Waals surface area contributed by atoms with Crippen LogP contribution in [0, 0.1) is 6.92 Å². The highest BCUT2D eigenvalue weighted by molar-refractivity contribution is 5.94. The molecule has 3 heteroatoms. The van der Waals surface area contributed by atoms with E-state index in [2.05, 4.69) is 89.9 Å². The molecular weight excluding hydrogens is 416 g/mol. The van der Waals surface area contributed by atoms with E-state index in [9.17, 15) is 4.79 Å². The molecule has 0 aromatic heterocycles. The van der Waals surface area contributed by atoms with Crippen molar-refractivity contribution in [3.8, 4) is 0 Å². The summed E-state index contributed by atoms with van der Waals surface area (Å²) < 4.78 is 0. The minimum absolute atomic E-state index is 0.0622. The minimum atomic E-state index is -0.192. The van der Waals surface area contributed by atoms with E-state index in [1.54, 1.807) is 0 Å². The van der Waals surface area contributed by atoms with Crippen LogP contribution in [0.15, 0.2) is 103 Å². The van der Waals surface area contributed by atoms with Crippen molar-refractivity contribution < 1.29 is 4.79 Å². The predicted octanol–water partition coefficient (Wildman–Crippen LogP) is 6.07. The number of hydrogen-bond acceptors (Lipinski definition) is 2. The summed E-state index contributed by atoms with van der Waals surface area (Å²) in [6.45, 7) is 5.01. The van der Waals surface area contributed by atoms with Gasteiger partial charge in [0.05, 0.1) is 6.04 Å². The highest BCUT2D eigenvalue weighted by Crippen LogP contribution is 2.24. The van der Waals surface area contributed by atoms with Crippen LogP contribution >= 0.6 is 0 Å². The van der Waals surface area contributed by atoms with Gasteiger partial charge in [-0.1, -0.05) is 96.6 Å². The van der Waals surface area contributed by atoms with Gasteiger partial charge in [-0.3, -0.25) is 9.69 Å². The van der Waals surface area contributed by atoms with Crippen LogP contribution in [0.25, 0.3) is 0 Å². The van der Waals surface area contributed by atoms with E-state index in [-0.39, 0.29) is 11.9 Å². The van der Waals surface area contributed by atoms with E-state index in [4.69, 9.17) is 0 Å². The molecule has 0 bridgehead atoms. The lowest BCUT2D eigenvalue weighted by Crippen LogP contribution is -2.30. The maximum absolute atomic E-state index is 13.2. The topological polar surface area (TPSA) is 32.3 Å². The third-order valence-corrected chi connectivity index (χ3v) is 6.65. The van der Waals surface area contributed by atoms with E-state index in [1.807, 2.05) is 30.3 Å². The number of nitrogens with zero attached hydrogens (tertiary/aromatic N) is 1. The molecule has 0 radical (unpaired) electrons. The molecule has 5 rings (SSSR count). The van der Waals surface area contributed by atoms with Gasteiger partial charge in [-0.15, -0.1) is 0 Å². The molecule has 1 unspecified atom stereocenters. The molecule has 0 saturated carbocycles. The van der Waals surface area contributed by atoms with Crippen molar-refractivity contribution in [2.75, 3.05) is 6.54 Å². The van der Waals surface area contributed by atoms with Gasteiger partial charge in [0.15, 0.2) is 0 Å². The second-order valence-electron chi connectivity index (χ2n) is 9.15. The molecule has 0 spiro atoms. The Balaban J connectivity index is 1.28. The van der Waals surface area contributed by atoms with E-state index in [0.29, 0.717) is 5.56 Å². The molecule has 170 valence electrons. The van der Waals surface area contributed by atoms with Crippen LogP contribution in [0.4, 0.5) is 0 Å². The first kappa shape index (κ1) is 22.1. The molecule has 0 aliphatic carbocycles. The average molecular weight is 447 g/mol. The average Bonchev–Trinajstić information content (AvgIpc) is 2.89. The Morgan fingerprint density at radius 3 is 2.18 bits per heavy atom. The fraction of sp³-hybridized carbons (Fsp3) is 0.194. The highest BCUT2D eigenvalue weighted by atomic mass is 16.1. The minimum Gasteiger partial charge on any atom is -0.341 e. The number of amides is 1. The van der Waals surface area contributed by atoms with Crippen molar-refractivity contribution in [3.05, 3.63) is 142 Å². The maximum Gasteiger partial charge on any atom is 0.252 e. The summed E-state index contributed by atoms with van der Waals surface area (Å²) >= 11 is 0. The Morgan fingerprint density at radius 1 is 0.794 bits per heavy atom. The van der Waals surface area contributed by atoms with E-state index >= 15 is 0 Å². The number of fused-ring (bicyclic) bond motifs is 1. The summed E-state index contributed by atoms with van der Waals surface area (Å²) in [4.78, 5) is 15.7. The smallest absolute Gasteiger partial charge is 0.252 e. The van der Waals surface area contributed by atoms with Crippen molar-refractivity contribution in [2.24, 2.45) is 0 Å². The third-order valence-electron chi connectivity index (χ3n) is 6.65. The van der Waals surface area contributed by atoms with Gasteiger partial charge in [-0.2, -0.15) is 0 Å². The van der Waals surface area contributed by atoms with Crippen LogP contribution in [-0.4, -0.2) is 17.4 Å². The monoisotopic (exact) mass is 446 g/mol. The third kappa shape index (κ3) is 5.11. The number of carbonyl (C=O) groups excluding carboxylic acids is 1. The number of rotatable bonds is 6. The second-order valence-corrected chi connectivity index (χ2v) is 9.15. The van der Waals surface area contributed by atoms with Gasteiger partial charge in [-0.25, -0.2) is 0 Å². The Labute approximate surface area is 202 Å². The van der Waals surface area contributed by atoms with Crippen molar-refractivity contribution in [2.45, 2.75) is 32.5 Å². The molecule has 4 aromatic carbocycles. The molecule has 1 heterocycles. The van der Waals surface area contributed by atoms with Gasteiger partial charge in [0.2, 0.25) is 0 Å². The SMILES string of the molecule is Cc1ccc(C(NC(=O)c2ccc(CN3CCc4ccccc4C3)cc2)c2ccccc2)cc1. The molecule has 0 saturated heterocycles. The molecule has 1 atom stereocenters. The summed E-state index contributed by atoms with van der Waals surface area (Å²) in [5.74, 6) is -0.0622. The van der Waals surface area contributed by atoms with Crippen LogP contribution in [0.3, 0.4) is 0 Å². The van der Waals surface area contributed by atoms with Gasteiger partial charge in [0.1, 0.15) is 0 Å². The predicted molar refractivity (Wildman–Crippen MR) is 138 cm³/mol. The summed E-state index contributed by atoms with van der Waals surface area (Å²) in [6, 6.07) is 35.1. The molecule has 1 amide bonds. The zero-order valence-corrected chi connectivity index (χ0v) is 19.6. The van der Waals surface area contributed by atoms with Crippen molar-refractivity contribution in [3.63, 3.8) is 0 Å². The van der Waals surface area contributed by atoms with Crippen LogP contribution in [0.5, 0.6) is 0 Å². The number of aryl methyl sites for hydroxylation is 1. The lowest BCUT2D eigenvalue weighted by Gasteiger charge is -2.28. The van der Waals surface area contributed by atoms with E-state index in [1.165, 1.54) is 22.3 Å². The van der Waals surface area contributed by atoms with Crippen molar-refractivity contribution >= 4 is 5.91 Å². The van der Waals surface area contributed by atoms with Gasteiger partial charge >= 0.3 is 0 Å². The van der Waals surface area contributed by atoms with Crippen molar-refractivity contribution in [1.82, 2.24) is 10.2 Å². The molecule has 3 nitrogen and oxygen atoms in total. The lowest BCUT2D eigenvalue weighted by molar-refractivity contribution is 0.0943. The van der Waals surface area contributed by atoms with Crippen LogP contribution in [0.2, 0.25) is 0 Å². The summed E-state index contributed by atoms with van der Waals surface area (Å²) in [5, 5.41) is 3.25. The van der Waals surface area contributed by atoms with Gasteiger partial charge < -0.3 is 5.32 Å². The Hall–Kier alpha value is -3.69. The first-order valence-corrected chi connectivity index (χ1v) is 12.0. The summed E-state index contributed by atoms with van der Waals surface area (Å²) in [6.07, 6.45) is 1.09. The fourth-order valence-electron chi connectivity index (χ4n) is 4.69. The highest BCUT2D eigenvalue weighted by Gasteiger charge is 2.19. The zero-order chi connectivity index (χ0) is 23.3. The first-order valence-electron chi connectivity index (χ1n) is 12.0. The van der Waals surface area contributed by atoms with Gasteiger partial charge in [0.25, 0.3) is 5.91 Å². The second kappa shape index (κ2) is 10.1. The Bertz CT molecular complexity index is 1250. The number of benzene rings is 4. The van der Waals surface area contributed by atoms with E-state index < -0.39 is 0 Å². The van der Waals surface area contributed by atoms with Crippen LogP contribution in [-0.2, 0) is 19.5 Å². The van der Waals surface area contributed by atoms with E-state index in [0.717, 1.165) is 37.2 Å². The number of hydrogen-bond donors (Lipinski definition) is 1. The van der Waals surface area contributed by atoms with Gasteiger partial charge in [-0.05, 0) is 53.3 Å². The molecule has 0 fully saturated rings. The molecule has 1 N–H and O–H groups in total. The summed E-state index contributed by atoms with van der Waals surface area (Å²) in [5.41, 5.74) is 8.15. The zero-order valence-electron chi connectivity index (χ0n) is 19.6. The molecule has 34 heavy (non-hydrogen) atoms. The van der Waals surface area contributed by atoms with Gasteiger partial charge in [0, 0.05) is 25.2 Å². The maximum atomic E-state index is 13.2. The molecule has 1 aliphatic rings. The quantitative estimate of drug-likeness (QED) is 0.390. The molecule has 4 aromatic rings. The normalized spacial score (nSPS) is 14.3. The number of nitrogens with one attached hydrogen (secondary N) is 1. The lowest BCUT2D eigenvalue weighted by atomic mass is 9.97. The van der Waals surface area contributed by atoms with Crippen LogP contribution < -0.4 is 5.32 Å². The Morgan fingerprint density at radius 2 is 1.44 bits per heavy atom. The fourth-order valence-corrected chi connectivity index (χ4v) is 4.69. The van der Waals surface area contributed by atoms with Crippen molar-refractivity contribution in [1.29, 1.82) is 0 Å². The Kier molecular flexibility index (Phi) is 6.55. The standard InChI is InChI=1S/C31H30N2O/c1-23-11-15-27(16-12-23)30(26-8-3-2-4-9-26)32-31(34)28-17-13-24(14-18-28)21-33-20-19-25-7-5-6-10-29(25)22-33/h2-18,30H,19-22H2,1H3,(H,32,34). The molecule has 1 aliphatic heterocycles. The van der Waals surface area contributed by atoms with Crippen LogP contribution in [0.1, 0.15) is 49.8 Å². The largest absolute Gasteiger partial charge is 0.341 e. The number of carbonyl (C=O) groups is 1.